The molecule has 3 heterocycles. The number of pyridine rings is 1. The second kappa shape index (κ2) is 11.8. The van der Waals surface area contributed by atoms with Crippen LogP contribution < -0.4 is 4.74 Å². The maximum absolute atomic E-state index is 6.73. The van der Waals surface area contributed by atoms with Gasteiger partial charge in [-0.2, -0.15) is 0 Å². The van der Waals surface area contributed by atoms with Crippen molar-refractivity contribution in [1.29, 1.82) is 0 Å². The molecule has 0 bridgehead atoms. The van der Waals surface area contributed by atoms with E-state index in [0.717, 1.165) is 49.0 Å². The van der Waals surface area contributed by atoms with E-state index in [0.29, 0.717) is 0 Å². The Kier molecular flexibility index (Phi) is 7.50. The predicted molar refractivity (Wildman–Crippen MR) is 214 cm³/mol. The van der Waals surface area contributed by atoms with Gasteiger partial charge in [-0.15, -0.1) is 0 Å². The normalized spacial score (nSPS) is 15.7. The van der Waals surface area contributed by atoms with Gasteiger partial charge in [-0.25, -0.2) is 0 Å². The molecule has 0 spiro atoms. The molecule has 1 aliphatic carbocycles. The average Bonchev–Trinajstić information content (AvgIpc) is 3.64. The van der Waals surface area contributed by atoms with Crippen LogP contribution in [0.1, 0.15) is 63.8 Å². The Hall–Kier alpha value is -4.99. The Labute approximate surface area is 321 Å². The van der Waals surface area contributed by atoms with E-state index in [2.05, 4.69) is 198 Å². The van der Waals surface area contributed by atoms with Gasteiger partial charge in [0.1, 0.15) is 0 Å². The number of aromatic nitrogens is 4. The summed E-state index contributed by atoms with van der Waals surface area (Å²) in [5.41, 5.74) is 12.0. The van der Waals surface area contributed by atoms with E-state index in [9.17, 15) is 0 Å². The predicted octanol–water partition coefficient (Wildman–Crippen LogP) is 12.0. The molecule has 0 fully saturated rings. The first-order valence-corrected chi connectivity index (χ1v) is 19.5. The molecule has 8 aromatic rings. The number of aryl methyl sites for hydroxylation is 2. The molecular weight excluding hydrogens is 832 g/mol. The van der Waals surface area contributed by atoms with Gasteiger partial charge in [0.15, 0.2) is 0 Å². The summed E-state index contributed by atoms with van der Waals surface area (Å²) < 4.78 is 14.8. The number of nitrogens with zero attached hydrogens (tertiary/aromatic N) is 4. The van der Waals surface area contributed by atoms with Crippen molar-refractivity contribution in [2.24, 2.45) is 5.41 Å². The van der Waals surface area contributed by atoms with Crippen LogP contribution in [0, 0.1) is 23.1 Å². The molecule has 6 heteroatoms. The van der Waals surface area contributed by atoms with Gasteiger partial charge in [0.05, 0.1) is 0 Å². The molecule has 9 rings (SSSR count). The second-order valence-corrected chi connectivity index (χ2v) is 17.3. The third-order valence-corrected chi connectivity index (χ3v) is 13.8. The maximum atomic E-state index is 6.73. The Bertz CT molecular complexity index is 2830. The van der Waals surface area contributed by atoms with E-state index in [4.69, 9.17) is 9.72 Å². The summed E-state index contributed by atoms with van der Waals surface area (Å²) in [6.07, 6.45) is 1.91. The van der Waals surface area contributed by atoms with Crippen molar-refractivity contribution in [3.05, 3.63) is 148 Å². The van der Waals surface area contributed by atoms with Crippen molar-refractivity contribution in [2.45, 2.75) is 66.2 Å². The first-order chi connectivity index (χ1) is 25.3. The van der Waals surface area contributed by atoms with E-state index in [1.807, 2.05) is 12.3 Å². The third-order valence-electron chi connectivity index (χ3n) is 12.8. The van der Waals surface area contributed by atoms with Crippen LogP contribution in [0.15, 0.2) is 121 Å². The van der Waals surface area contributed by atoms with E-state index < -0.39 is 0 Å². The molecule has 0 amide bonds. The number of hydrogen-bond acceptors (Lipinski definition) is 2. The molecule has 268 valence electrons. The van der Waals surface area contributed by atoms with Gasteiger partial charge in [-0.1, -0.05) is 41.5 Å². The Morgan fingerprint density at radius 3 is 1.87 bits per heavy atom. The summed E-state index contributed by atoms with van der Waals surface area (Å²) in [7, 11) is 0. The third kappa shape index (κ3) is 4.93. The summed E-state index contributed by atoms with van der Waals surface area (Å²) >= 11 is 2.44. The molecule has 0 aliphatic heterocycles. The quantitative estimate of drug-likeness (QED) is 0.173. The molecular formula is C47H44N4OPt. The number of ether oxygens (including phenoxy) is 1. The molecule has 0 saturated heterocycles. The first kappa shape index (κ1) is 33.8. The monoisotopic (exact) mass is 875 g/mol. The van der Waals surface area contributed by atoms with Crippen molar-refractivity contribution in [1.82, 2.24) is 18.7 Å². The molecule has 0 atom stereocenters. The number of rotatable bonds is 5. The molecule has 0 unspecified atom stereocenters. The summed E-state index contributed by atoms with van der Waals surface area (Å²) in [5.74, 6) is 2.47. The van der Waals surface area contributed by atoms with Crippen LogP contribution in [0.4, 0.5) is 0 Å². The van der Waals surface area contributed by atoms with Crippen LogP contribution >= 0.6 is 0 Å². The average molecular weight is 876 g/mol. The van der Waals surface area contributed by atoms with E-state index in [-0.39, 0.29) is 16.2 Å². The number of benzene rings is 5. The Balaban J connectivity index is 1.18. The van der Waals surface area contributed by atoms with Crippen LogP contribution in [-0.2, 0) is 30.2 Å². The zero-order chi connectivity index (χ0) is 37.0. The SMILES string of the molecule is Cc1ccc(-n2[c](=[Pt])n(-c3cccc(Oc4ccc5c6cc7c(cc6n(-c6cc(C)ccn6)c5c4)C(C)(C)C(C)(C)C7(C)C)c3)c3ccccc32)cc1. The molecule has 0 radical (unpaired) electrons. The fourth-order valence-corrected chi connectivity index (χ4v) is 9.74. The van der Waals surface area contributed by atoms with Gasteiger partial charge < -0.3 is 0 Å². The van der Waals surface area contributed by atoms with Gasteiger partial charge in [-0.3, -0.25) is 0 Å². The van der Waals surface area contributed by atoms with Crippen molar-refractivity contribution in [2.75, 3.05) is 0 Å². The Morgan fingerprint density at radius 2 is 1.17 bits per heavy atom. The van der Waals surface area contributed by atoms with Crippen molar-refractivity contribution < 1.29 is 24.1 Å². The molecule has 0 N–H and O–H groups in total. The van der Waals surface area contributed by atoms with E-state index in [1.54, 1.807) is 0 Å². The molecule has 3 aromatic heterocycles. The minimum atomic E-state index is -0.0110. The Morgan fingerprint density at radius 1 is 0.528 bits per heavy atom. The first-order valence-electron chi connectivity index (χ1n) is 18.4. The molecule has 0 saturated carbocycles. The number of para-hydroxylation sites is 2. The summed E-state index contributed by atoms with van der Waals surface area (Å²) in [5, 5.41) is 2.44. The zero-order valence-electron chi connectivity index (χ0n) is 31.6. The van der Waals surface area contributed by atoms with Crippen molar-refractivity contribution in [3.8, 4) is 28.7 Å². The van der Waals surface area contributed by atoms with Crippen molar-refractivity contribution in [3.63, 3.8) is 0 Å². The fourth-order valence-electron chi connectivity index (χ4n) is 8.60. The van der Waals surface area contributed by atoms with Gasteiger partial charge in [0.25, 0.3) is 0 Å². The van der Waals surface area contributed by atoms with Gasteiger partial charge in [-0.05, 0) is 45.9 Å². The number of imidazole rings is 1. The van der Waals surface area contributed by atoms with E-state index in [1.165, 1.54) is 38.5 Å². The van der Waals surface area contributed by atoms with Crippen LogP contribution in [0.2, 0.25) is 0 Å². The molecule has 53 heavy (non-hydrogen) atoms. The number of hydrogen-bond donors (Lipinski definition) is 0. The van der Waals surface area contributed by atoms with Gasteiger partial charge in [0, 0.05) is 6.20 Å². The molecule has 5 aromatic carbocycles. The van der Waals surface area contributed by atoms with E-state index >= 15 is 0 Å². The van der Waals surface area contributed by atoms with Crippen molar-refractivity contribution >= 4 is 32.8 Å². The van der Waals surface area contributed by atoms with Crippen LogP contribution in [0.3, 0.4) is 0 Å². The number of fused-ring (bicyclic) bond motifs is 5. The van der Waals surface area contributed by atoms with Gasteiger partial charge in [0.2, 0.25) is 0 Å². The molecule has 5 nitrogen and oxygen atoms in total. The zero-order valence-corrected chi connectivity index (χ0v) is 33.8. The second-order valence-electron chi connectivity index (χ2n) is 16.3. The fraction of sp³-hybridized carbons (Fsp3) is 0.234. The summed E-state index contributed by atoms with van der Waals surface area (Å²) in [6.45, 7) is 18.7. The minimum absolute atomic E-state index is 0.00636. The summed E-state index contributed by atoms with van der Waals surface area (Å²) in [6, 6.07) is 41.3. The van der Waals surface area contributed by atoms with Crippen LogP contribution in [0.5, 0.6) is 11.5 Å². The van der Waals surface area contributed by atoms with Gasteiger partial charge >= 0.3 is 230 Å². The summed E-state index contributed by atoms with van der Waals surface area (Å²) in [4.78, 5) is 4.91. The van der Waals surface area contributed by atoms with Crippen LogP contribution in [0.25, 0.3) is 50.0 Å². The topological polar surface area (TPSA) is 36.9 Å². The standard InChI is InChI=1S/C47H44N4O.Pt/c1-30-16-18-32(19-17-30)49-29-50(41-15-10-9-14-40(41)49)33-12-11-13-34(25-33)52-35-20-21-36-37-27-38-39(46(5,6)47(7,8)45(38,3)4)28-43(37)51(42(36)26-35)44-24-31(2)22-23-48-44;/h9-28H,1-8H3;. The molecule has 1 aliphatic rings. The van der Waals surface area contributed by atoms with Crippen LogP contribution in [-0.4, -0.2) is 18.7 Å².